The van der Waals surface area contributed by atoms with E-state index in [1.807, 2.05) is 13.8 Å². The highest BCUT2D eigenvalue weighted by molar-refractivity contribution is 5.89. The molecule has 0 fully saturated rings. The second-order valence-corrected chi connectivity index (χ2v) is 8.51. The molecule has 0 saturated heterocycles. The Hall–Kier alpha value is -3.66. The largest absolute Gasteiger partial charge is 0.492 e. The molecular formula is C25H33N3O7. The molecule has 1 atom stereocenters. The van der Waals surface area contributed by atoms with Crippen molar-refractivity contribution in [1.29, 1.82) is 0 Å². The van der Waals surface area contributed by atoms with Crippen molar-refractivity contribution in [3.63, 3.8) is 0 Å². The monoisotopic (exact) mass is 487 g/mol. The Morgan fingerprint density at radius 3 is 2.43 bits per heavy atom. The van der Waals surface area contributed by atoms with Gasteiger partial charge in [0.25, 0.3) is 5.69 Å². The summed E-state index contributed by atoms with van der Waals surface area (Å²) in [5.41, 5.74) is 1.62. The Labute approximate surface area is 205 Å². The molecule has 0 aliphatic rings. The fraction of sp³-hybridized carbons (Fsp3) is 0.440. The predicted molar refractivity (Wildman–Crippen MR) is 132 cm³/mol. The van der Waals surface area contributed by atoms with E-state index >= 15 is 0 Å². The summed E-state index contributed by atoms with van der Waals surface area (Å²) in [5, 5.41) is 23.1. The second-order valence-electron chi connectivity index (χ2n) is 8.51. The van der Waals surface area contributed by atoms with Gasteiger partial charge in [-0.1, -0.05) is 32.0 Å². The minimum absolute atomic E-state index is 0.0547. The van der Waals surface area contributed by atoms with E-state index < -0.39 is 17.0 Å². The highest BCUT2D eigenvalue weighted by Gasteiger charge is 2.19. The van der Waals surface area contributed by atoms with Crippen LogP contribution in [0.1, 0.15) is 31.9 Å². The number of hydrogen-bond donors (Lipinski definition) is 2. The summed E-state index contributed by atoms with van der Waals surface area (Å²) >= 11 is 0. The van der Waals surface area contributed by atoms with Gasteiger partial charge in [0.2, 0.25) is 0 Å². The molecule has 0 saturated carbocycles. The van der Waals surface area contributed by atoms with Gasteiger partial charge in [-0.05, 0) is 43.5 Å². The number of amides is 2. The molecule has 0 aliphatic carbocycles. The minimum Gasteiger partial charge on any atom is -0.492 e. The van der Waals surface area contributed by atoms with Gasteiger partial charge in [0, 0.05) is 36.9 Å². The lowest BCUT2D eigenvalue weighted by molar-refractivity contribution is -0.385. The third kappa shape index (κ3) is 8.90. The molecule has 0 aromatic heterocycles. The molecule has 2 rings (SSSR count). The number of ether oxygens (including phenoxy) is 2. The number of rotatable bonds is 13. The smallest absolute Gasteiger partial charge is 0.333 e. The van der Waals surface area contributed by atoms with Crippen LogP contribution in [0.5, 0.6) is 5.75 Å². The SMILES string of the molecule is CCOC(Cc1ccc(OCCN(CC(C)C)C(=O)Nc2ccc(C)c([N+](=O)[O-])c2)cc1)C(=O)O. The van der Waals surface area contributed by atoms with E-state index in [1.165, 1.54) is 6.07 Å². The number of aryl methyl sites for hydroxylation is 1. The van der Waals surface area contributed by atoms with Crippen LogP contribution >= 0.6 is 0 Å². The Balaban J connectivity index is 1.96. The minimum atomic E-state index is -1.00. The molecule has 2 N–H and O–H groups in total. The van der Waals surface area contributed by atoms with Gasteiger partial charge in [0.05, 0.1) is 11.5 Å². The fourth-order valence-corrected chi connectivity index (χ4v) is 3.43. The Kier molecular flexibility index (Phi) is 10.5. The summed E-state index contributed by atoms with van der Waals surface area (Å²) < 4.78 is 11.0. The zero-order valence-electron chi connectivity index (χ0n) is 20.5. The average Bonchev–Trinajstić information content (AvgIpc) is 2.79. The molecule has 10 nitrogen and oxygen atoms in total. The maximum absolute atomic E-state index is 12.8. The molecule has 0 heterocycles. The molecule has 10 heteroatoms. The van der Waals surface area contributed by atoms with Crippen LogP contribution in [-0.4, -0.2) is 59.3 Å². The van der Waals surface area contributed by atoms with Crippen LogP contribution in [0, 0.1) is 23.0 Å². The zero-order chi connectivity index (χ0) is 26.0. The second kappa shape index (κ2) is 13.3. The van der Waals surface area contributed by atoms with Crippen LogP contribution in [0.4, 0.5) is 16.2 Å². The number of nitro benzene ring substituents is 1. The average molecular weight is 488 g/mol. The lowest BCUT2D eigenvalue weighted by atomic mass is 10.1. The first kappa shape index (κ1) is 27.6. The summed E-state index contributed by atoms with van der Waals surface area (Å²) in [6.45, 7) is 8.72. The first-order valence-corrected chi connectivity index (χ1v) is 11.5. The van der Waals surface area contributed by atoms with Crippen molar-refractivity contribution in [1.82, 2.24) is 4.90 Å². The zero-order valence-corrected chi connectivity index (χ0v) is 20.5. The van der Waals surface area contributed by atoms with Gasteiger partial charge in [-0.25, -0.2) is 9.59 Å². The van der Waals surface area contributed by atoms with E-state index in [9.17, 15) is 24.8 Å². The van der Waals surface area contributed by atoms with Crippen molar-refractivity contribution in [3.8, 4) is 5.75 Å². The van der Waals surface area contributed by atoms with Crippen molar-refractivity contribution in [2.45, 2.75) is 40.2 Å². The molecule has 1 unspecified atom stereocenters. The van der Waals surface area contributed by atoms with Crippen LogP contribution in [0.3, 0.4) is 0 Å². The van der Waals surface area contributed by atoms with Crippen molar-refractivity contribution in [2.75, 3.05) is 31.6 Å². The summed E-state index contributed by atoms with van der Waals surface area (Å²) in [4.78, 5) is 36.4. The van der Waals surface area contributed by atoms with E-state index in [2.05, 4.69) is 5.32 Å². The van der Waals surface area contributed by atoms with Crippen LogP contribution in [0.15, 0.2) is 42.5 Å². The molecule has 190 valence electrons. The van der Waals surface area contributed by atoms with Crippen LogP contribution < -0.4 is 10.1 Å². The lowest BCUT2D eigenvalue weighted by Gasteiger charge is -2.25. The summed E-state index contributed by atoms with van der Waals surface area (Å²) in [7, 11) is 0. The first-order chi connectivity index (χ1) is 16.6. The van der Waals surface area contributed by atoms with Crippen LogP contribution in [0.25, 0.3) is 0 Å². The summed E-state index contributed by atoms with van der Waals surface area (Å²) in [5.74, 6) is -0.202. The molecule has 0 aliphatic heterocycles. The highest BCUT2D eigenvalue weighted by atomic mass is 16.6. The van der Waals surface area contributed by atoms with Gasteiger partial charge < -0.3 is 24.8 Å². The number of aliphatic carboxylic acids is 1. The number of carbonyl (C=O) groups is 2. The Morgan fingerprint density at radius 2 is 1.86 bits per heavy atom. The highest BCUT2D eigenvalue weighted by Crippen LogP contribution is 2.22. The number of benzene rings is 2. The summed E-state index contributed by atoms with van der Waals surface area (Å²) in [6, 6.07) is 11.3. The number of hydrogen-bond acceptors (Lipinski definition) is 6. The quantitative estimate of drug-likeness (QED) is 0.314. The number of nitrogens with zero attached hydrogens (tertiary/aromatic N) is 2. The molecule has 35 heavy (non-hydrogen) atoms. The van der Waals surface area contributed by atoms with Gasteiger partial charge in [0.15, 0.2) is 6.10 Å². The van der Waals surface area contributed by atoms with E-state index in [0.29, 0.717) is 36.7 Å². The van der Waals surface area contributed by atoms with Gasteiger partial charge in [-0.3, -0.25) is 10.1 Å². The number of urea groups is 1. The predicted octanol–water partition coefficient (Wildman–Crippen LogP) is 4.50. The van der Waals surface area contributed by atoms with E-state index in [-0.39, 0.29) is 30.7 Å². The van der Waals surface area contributed by atoms with Gasteiger partial charge in [0.1, 0.15) is 12.4 Å². The van der Waals surface area contributed by atoms with E-state index in [1.54, 1.807) is 55.1 Å². The third-order valence-corrected chi connectivity index (χ3v) is 5.15. The number of carboxylic acid groups (broad SMARTS) is 1. The number of nitrogens with one attached hydrogen (secondary N) is 1. The normalized spacial score (nSPS) is 11.7. The van der Waals surface area contributed by atoms with Crippen molar-refractivity contribution in [2.24, 2.45) is 5.92 Å². The first-order valence-electron chi connectivity index (χ1n) is 11.5. The number of carbonyl (C=O) groups excluding carboxylic acids is 1. The van der Waals surface area contributed by atoms with Crippen molar-refractivity contribution in [3.05, 3.63) is 63.7 Å². The number of anilines is 1. The van der Waals surface area contributed by atoms with E-state index in [0.717, 1.165) is 5.56 Å². The van der Waals surface area contributed by atoms with Crippen molar-refractivity contribution >= 4 is 23.4 Å². The van der Waals surface area contributed by atoms with Crippen LogP contribution in [-0.2, 0) is 16.0 Å². The Morgan fingerprint density at radius 1 is 1.17 bits per heavy atom. The molecule has 0 bridgehead atoms. The number of carboxylic acids is 1. The molecule has 0 radical (unpaired) electrons. The molecular weight excluding hydrogens is 454 g/mol. The fourth-order valence-electron chi connectivity index (χ4n) is 3.43. The lowest BCUT2D eigenvalue weighted by Crippen LogP contribution is -2.40. The van der Waals surface area contributed by atoms with E-state index in [4.69, 9.17) is 9.47 Å². The molecule has 0 spiro atoms. The topological polar surface area (TPSA) is 131 Å². The standard InChI is InChI=1S/C25H33N3O7/c1-5-34-23(24(29)30)14-19-7-10-21(11-8-19)35-13-12-27(16-17(2)3)25(31)26-20-9-6-18(4)22(15-20)28(32)33/h6-11,15,17,23H,5,12-14,16H2,1-4H3,(H,26,31)(H,29,30). The summed E-state index contributed by atoms with van der Waals surface area (Å²) in [6.07, 6.45) is -0.645. The van der Waals surface area contributed by atoms with Gasteiger partial charge in [-0.15, -0.1) is 0 Å². The maximum Gasteiger partial charge on any atom is 0.333 e. The van der Waals surface area contributed by atoms with Crippen LogP contribution in [0.2, 0.25) is 0 Å². The van der Waals surface area contributed by atoms with Gasteiger partial charge in [-0.2, -0.15) is 0 Å². The third-order valence-electron chi connectivity index (χ3n) is 5.15. The van der Waals surface area contributed by atoms with Gasteiger partial charge >= 0.3 is 12.0 Å². The molecule has 2 aromatic rings. The Bertz CT molecular complexity index is 1010. The molecule has 2 aromatic carbocycles. The maximum atomic E-state index is 12.8. The molecule has 2 amide bonds. The van der Waals surface area contributed by atoms with Crippen molar-refractivity contribution < 1.29 is 29.1 Å². The number of nitro groups is 1.